The third-order valence-electron chi connectivity index (χ3n) is 8.35. The molecular formula is C28H32N4O4. The van der Waals surface area contributed by atoms with Crippen molar-refractivity contribution in [2.24, 2.45) is 24.8 Å². The van der Waals surface area contributed by atoms with Crippen LogP contribution >= 0.6 is 0 Å². The lowest BCUT2D eigenvalue weighted by atomic mass is 9.52. The Morgan fingerprint density at radius 2 is 1.86 bits per heavy atom. The molecule has 8 heteroatoms. The van der Waals surface area contributed by atoms with E-state index >= 15 is 0 Å². The number of benzene rings is 2. The van der Waals surface area contributed by atoms with Crippen LogP contribution in [0.1, 0.15) is 42.5 Å². The molecule has 4 fully saturated rings. The zero-order valence-electron chi connectivity index (χ0n) is 20.7. The van der Waals surface area contributed by atoms with Crippen LogP contribution in [0.2, 0.25) is 0 Å². The van der Waals surface area contributed by atoms with Crippen LogP contribution in [0.4, 0.5) is 5.69 Å². The number of amides is 2. The fraction of sp³-hybridized carbons (Fsp3) is 0.464. The van der Waals surface area contributed by atoms with Crippen molar-refractivity contribution in [1.29, 1.82) is 0 Å². The molecule has 36 heavy (non-hydrogen) atoms. The van der Waals surface area contributed by atoms with E-state index in [0.717, 1.165) is 49.0 Å². The molecule has 0 spiro atoms. The molecular weight excluding hydrogens is 456 g/mol. The van der Waals surface area contributed by atoms with Gasteiger partial charge in [-0.05, 0) is 62.0 Å². The number of methoxy groups -OCH3 is 1. The van der Waals surface area contributed by atoms with Gasteiger partial charge in [-0.2, -0.15) is 0 Å². The zero-order valence-corrected chi connectivity index (χ0v) is 20.7. The summed E-state index contributed by atoms with van der Waals surface area (Å²) in [7, 11) is 3.38. The smallest absolute Gasteiger partial charge is 0.251 e. The Hall–Kier alpha value is -3.23. The van der Waals surface area contributed by atoms with E-state index in [1.165, 1.54) is 7.11 Å². The summed E-state index contributed by atoms with van der Waals surface area (Å²) >= 11 is 0. The van der Waals surface area contributed by atoms with Gasteiger partial charge in [-0.15, -0.1) is 0 Å². The highest BCUT2D eigenvalue weighted by molar-refractivity contribution is 6.06. The van der Waals surface area contributed by atoms with E-state index in [0.29, 0.717) is 34.5 Å². The molecule has 2 atom stereocenters. The zero-order chi connectivity index (χ0) is 25.0. The SMILES string of the molecule is COCC(=O)Nc1cc(C(=O)NC2[C@H]3CC4C[C@H]2CC(O)(C4)C3)cc2nc(-c3ccccc3)n(C)c12. The van der Waals surface area contributed by atoms with Crippen LogP contribution < -0.4 is 10.6 Å². The predicted octanol–water partition coefficient (Wildman–Crippen LogP) is 3.49. The second-order valence-corrected chi connectivity index (χ2v) is 10.9. The molecule has 3 N–H and O–H groups in total. The van der Waals surface area contributed by atoms with E-state index in [9.17, 15) is 14.7 Å². The summed E-state index contributed by atoms with van der Waals surface area (Å²) < 4.78 is 6.94. The molecule has 0 unspecified atom stereocenters. The van der Waals surface area contributed by atoms with E-state index in [4.69, 9.17) is 9.72 Å². The van der Waals surface area contributed by atoms with Gasteiger partial charge in [0, 0.05) is 31.3 Å². The van der Waals surface area contributed by atoms with Crippen LogP contribution in [0.15, 0.2) is 42.5 Å². The van der Waals surface area contributed by atoms with Crippen molar-refractivity contribution >= 4 is 28.5 Å². The van der Waals surface area contributed by atoms with Crippen molar-refractivity contribution < 1.29 is 19.4 Å². The summed E-state index contributed by atoms with van der Waals surface area (Å²) in [6.07, 6.45) is 4.58. The largest absolute Gasteiger partial charge is 0.390 e. The fourth-order valence-corrected chi connectivity index (χ4v) is 7.19. The molecule has 4 bridgehead atoms. The summed E-state index contributed by atoms with van der Waals surface area (Å²) in [5.41, 5.74) is 2.76. The average molecular weight is 489 g/mol. The summed E-state index contributed by atoms with van der Waals surface area (Å²) in [4.78, 5) is 30.8. The average Bonchev–Trinajstić information content (AvgIpc) is 3.17. The minimum atomic E-state index is -0.544. The monoisotopic (exact) mass is 488 g/mol. The first-order valence-corrected chi connectivity index (χ1v) is 12.7. The molecule has 8 nitrogen and oxygen atoms in total. The van der Waals surface area contributed by atoms with Gasteiger partial charge < -0.3 is 25.0 Å². The number of carbonyl (C=O) groups excluding carboxylic acids is 2. The van der Waals surface area contributed by atoms with Gasteiger partial charge in [-0.25, -0.2) is 4.98 Å². The quantitative estimate of drug-likeness (QED) is 0.493. The number of imidazole rings is 1. The van der Waals surface area contributed by atoms with Crippen molar-refractivity contribution in [3.63, 3.8) is 0 Å². The van der Waals surface area contributed by atoms with Gasteiger partial charge in [-0.1, -0.05) is 30.3 Å². The molecule has 0 saturated heterocycles. The maximum absolute atomic E-state index is 13.5. The Morgan fingerprint density at radius 3 is 2.53 bits per heavy atom. The number of ether oxygens (including phenoxy) is 1. The normalized spacial score (nSPS) is 28.4. The number of aromatic nitrogens is 2. The first-order valence-electron chi connectivity index (χ1n) is 12.7. The third-order valence-corrected chi connectivity index (χ3v) is 8.35. The first-order chi connectivity index (χ1) is 17.3. The van der Waals surface area contributed by atoms with Crippen LogP contribution in [0.5, 0.6) is 0 Å². The van der Waals surface area contributed by atoms with Gasteiger partial charge in [0.1, 0.15) is 12.4 Å². The van der Waals surface area contributed by atoms with Gasteiger partial charge in [0.2, 0.25) is 5.91 Å². The summed E-state index contributed by atoms with van der Waals surface area (Å²) in [6, 6.07) is 13.4. The second kappa shape index (κ2) is 8.71. The number of nitrogens with zero attached hydrogens (tertiary/aromatic N) is 2. The van der Waals surface area contributed by atoms with E-state index in [1.54, 1.807) is 12.1 Å². The van der Waals surface area contributed by atoms with Gasteiger partial charge in [0.25, 0.3) is 5.91 Å². The van der Waals surface area contributed by atoms with Crippen molar-refractivity contribution in [3.8, 4) is 11.4 Å². The molecule has 4 aliphatic carbocycles. The second-order valence-electron chi connectivity index (χ2n) is 10.9. The Labute approximate surface area is 210 Å². The molecule has 4 saturated carbocycles. The van der Waals surface area contributed by atoms with Crippen molar-refractivity contribution in [2.45, 2.75) is 43.7 Å². The van der Waals surface area contributed by atoms with Crippen molar-refractivity contribution in [3.05, 3.63) is 48.0 Å². The molecule has 0 aliphatic heterocycles. The molecule has 1 aromatic heterocycles. The summed E-state index contributed by atoms with van der Waals surface area (Å²) in [5, 5.41) is 17.1. The Balaban J connectivity index is 1.35. The third kappa shape index (κ3) is 3.98. The summed E-state index contributed by atoms with van der Waals surface area (Å²) in [6.45, 7) is -0.0865. The maximum atomic E-state index is 13.5. The van der Waals surface area contributed by atoms with E-state index in [2.05, 4.69) is 10.6 Å². The minimum absolute atomic E-state index is 0.0696. The Kier molecular flexibility index (Phi) is 5.61. The van der Waals surface area contributed by atoms with Gasteiger partial charge >= 0.3 is 0 Å². The lowest BCUT2D eigenvalue weighted by Crippen LogP contribution is -2.61. The number of aryl methyl sites for hydroxylation is 1. The molecule has 4 aliphatic rings. The van der Waals surface area contributed by atoms with Gasteiger partial charge in [0.15, 0.2) is 0 Å². The van der Waals surface area contributed by atoms with Crippen molar-refractivity contribution in [2.75, 3.05) is 19.0 Å². The highest BCUT2D eigenvalue weighted by Gasteiger charge is 2.55. The lowest BCUT2D eigenvalue weighted by molar-refractivity contribution is -0.136. The standard InChI is InChI=1S/C28H32N4O4/c1-32-25-21(29-23(33)15-36-2)10-18(11-22(25)30-26(32)17-6-4-3-5-7-17)27(34)31-24-19-8-16-9-20(24)14-28(35,12-16)13-19/h3-7,10-11,16,19-20,24,35H,8-9,12-15H2,1-2H3,(H,29,33)(H,31,34)/t16?,19-,20-,24?,28?/m0/s1. The molecule has 7 rings (SSSR count). The van der Waals surface area contributed by atoms with E-state index < -0.39 is 5.60 Å². The van der Waals surface area contributed by atoms with Gasteiger partial charge in [0.05, 0.1) is 22.3 Å². The van der Waals surface area contributed by atoms with Crippen LogP contribution in [0.3, 0.4) is 0 Å². The highest BCUT2D eigenvalue weighted by Crippen LogP contribution is 2.55. The number of nitrogens with one attached hydrogen (secondary N) is 2. The van der Waals surface area contributed by atoms with Crippen LogP contribution in [-0.2, 0) is 16.6 Å². The highest BCUT2D eigenvalue weighted by atomic mass is 16.5. The number of anilines is 1. The van der Waals surface area contributed by atoms with Crippen LogP contribution in [0, 0.1) is 17.8 Å². The van der Waals surface area contributed by atoms with E-state index in [-0.39, 0.29) is 24.5 Å². The lowest BCUT2D eigenvalue weighted by Gasteiger charge is -2.58. The van der Waals surface area contributed by atoms with E-state index in [1.807, 2.05) is 41.9 Å². The molecule has 3 aromatic rings. The number of fused-ring (bicyclic) bond motifs is 1. The molecule has 2 aromatic carbocycles. The summed E-state index contributed by atoms with van der Waals surface area (Å²) in [5.74, 6) is 1.48. The fourth-order valence-electron chi connectivity index (χ4n) is 7.19. The Bertz CT molecular complexity index is 1320. The van der Waals surface area contributed by atoms with Crippen molar-refractivity contribution in [1.82, 2.24) is 14.9 Å². The number of hydrogen-bond donors (Lipinski definition) is 3. The van der Waals surface area contributed by atoms with Crippen LogP contribution in [0.25, 0.3) is 22.4 Å². The molecule has 2 amide bonds. The number of carbonyl (C=O) groups is 2. The Morgan fingerprint density at radius 1 is 1.14 bits per heavy atom. The number of rotatable bonds is 6. The molecule has 1 heterocycles. The molecule has 188 valence electrons. The van der Waals surface area contributed by atoms with Crippen LogP contribution in [-0.4, -0.2) is 51.8 Å². The minimum Gasteiger partial charge on any atom is -0.390 e. The molecule has 0 radical (unpaired) electrons. The first kappa shape index (κ1) is 23.2. The maximum Gasteiger partial charge on any atom is 0.251 e. The topological polar surface area (TPSA) is 105 Å². The predicted molar refractivity (Wildman–Crippen MR) is 136 cm³/mol. The number of hydrogen-bond acceptors (Lipinski definition) is 5. The van der Waals surface area contributed by atoms with Gasteiger partial charge in [-0.3, -0.25) is 9.59 Å². The number of aliphatic hydroxyl groups is 1.